The van der Waals surface area contributed by atoms with Crippen molar-refractivity contribution in [3.05, 3.63) is 60.3 Å². The molecule has 2 aromatic rings. The number of hydrogen-bond donors (Lipinski definition) is 0. The van der Waals surface area contributed by atoms with Gasteiger partial charge in [0.1, 0.15) is 6.29 Å². The second kappa shape index (κ2) is 5.03. The zero-order valence-corrected chi connectivity index (χ0v) is 8.71. The number of nitrogens with zero attached hydrogens (tertiary/aromatic N) is 1. The number of aromatic nitrogens is 1. The van der Waals surface area contributed by atoms with Gasteiger partial charge in [0.15, 0.2) is 0 Å². The van der Waals surface area contributed by atoms with Crippen LogP contribution >= 0.6 is 0 Å². The molecule has 1 heterocycles. The molecule has 16 heavy (non-hydrogen) atoms. The average molecular weight is 209 g/mol. The molecule has 0 aliphatic carbocycles. The summed E-state index contributed by atoms with van der Waals surface area (Å²) in [4.78, 5) is 14.5. The zero-order chi connectivity index (χ0) is 11.2. The molecule has 2 nitrogen and oxygen atoms in total. The lowest BCUT2D eigenvalue weighted by atomic mass is 10.1. The first-order valence-corrected chi connectivity index (χ1v) is 5.03. The Balaban J connectivity index is 2.26. The number of carbonyl (C=O) groups is 1. The summed E-state index contributed by atoms with van der Waals surface area (Å²) >= 11 is 0. The second-order valence-electron chi connectivity index (χ2n) is 3.34. The van der Waals surface area contributed by atoms with E-state index in [-0.39, 0.29) is 0 Å². The lowest BCUT2D eigenvalue weighted by molar-refractivity contribution is -0.104. The topological polar surface area (TPSA) is 30.0 Å². The summed E-state index contributed by atoms with van der Waals surface area (Å²) in [5.41, 5.74) is 2.95. The molecule has 0 atom stereocenters. The summed E-state index contributed by atoms with van der Waals surface area (Å²) in [5.74, 6) is 0. The van der Waals surface area contributed by atoms with Crippen LogP contribution in [0.15, 0.2) is 54.7 Å². The van der Waals surface area contributed by atoms with Crippen LogP contribution in [0.25, 0.3) is 17.3 Å². The predicted molar refractivity (Wildman–Crippen MR) is 64.8 cm³/mol. The molecule has 0 bridgehead atoms. The summed E-state index contributed by atoms with van der Waals surface area (Å²) in [7, 11) is 0. The van der Waals surface area contributed by atoms with Gasteiger partial charge in [0, 0.05) is 11.8 Å². The van der Waals surface area contributed by atoms with Crippen molar-refractivity contribution >= 4 is 12.4 Å². The van der Waals surface area contributed by atoms with Gasteiger partial charge in [-0.05, 0) is 17.7 Å². The number of hydrogen-bond acceptors (Lipinski definition) is 2. The Bertz CT molecular complexity index is 486. The Morgan fingerprint density at radius 3 is 2.44 bits per heavy atom. The molecular weight excluding hydrogens is 198 g/mol. The molecule has 0 radical (unpaired) electrons. The summed E-state index contributed by atoms with van der Waals surface area (Å²) in [6, 6.07) is 13.9. The molecule has 0 aliphatic heterocycles. The zero-order valence-electron chi connectivity index (χ0n) is 8.71. The molecule has 0 aliphatic rings. The SMILES string of the molecule is O=CC=Cc1ccc(-c2ccccc2)nc1. The van der Waals surface area contributed by atoms with E-state index in [1.54, 1.807) is 12.3 Å². The van der Waals surface area contributed by atoms with E-state index in [1.807, 2.05) is 42.5 Å². The van der Waals surface area contributed by atoms with Crippen LogP contribution in [0.4, 0.5) is 0 Å². The van der Waals surface area contributed by atoms with Crippen LogP contribution in [-0.2, 0) is 4.79 Å². The van der Waals surface area contributed by atoms with Gasteiger partial charge in [0.05, 0.1) is 5.69 Å². The molecule has 0 N–H and O–H groups in total. The Labute approximate surface area is 94.3 Å². The highest BCUT2D eigenvalue weighted by Crippen LogP contribution is 2.16. The van der Waals surface area contributed by atoms with Crippen molar-refractivity contribution in [3.8, 4) is 11.3 Å². The number of rotatable bonds is 3. The number of benzene rings is 1. The summed E-state index contributed by atoms with van der Waals surface area (Å²) < 4.78 is 0. The minimum Gasteiger partial charge on any atom is -0.299 e. The molecule has 1 aromatic heterocycles. The Morgan fingerprint density at radius 1 is 1.00 bits per heavy atom. The number of allylic oxidation sites excluding steroid dienone is 1. The predicted octanol–water partition coefficient (Wildman–Crippen LogP) is 2.96. The maximum absolute atomic E-state index is 10.2. The molecule has 0 fully saturated rings. The van der Waals surface area contributed by atoms with Gasteiger partial charge in [-0.25, -0.2) is 0 Å². The highest BCUT2D eigenvalue weighted by atomic mass is 16.1. The van der Waals surface area contributed by atoms with Gasteiger partial charge in [-0.15, -0.1) is 0 Å². The third kappa shape index (κ3) is 2.42. The van der Waals surface area contributed by atoms with E-state index < -0.39 is 0 Å². The van der Waals surface area contributed by atoms with Crippen molar-refractivity contribution in [3.63, 3.8) is 0 Å². The summed E-state index contributed by atoms with van der Waals surface area (Å²) in [6.07, 6.45) is 5.70. The minimum absolute atomic E-state index is 0.755. The van der Waals surface area contributed by atoms with E-state index in [1.165, 1.54) is 6.08 Å². The maximum atomic E-state index is 10.2. The first kappa shape index (κ1) is 10.3. The molecule has 2 heteroatoms. The van der Waals surface area contributed by atoms with Gasteiger partial charge in [-0.3, -0.25) is 9.78 Å². The van der Waals surface area contributed by atoms with Crippen LogP contribution in [-0.4, -0.2) is 11.3 Å². The third-order valence-electron chi connectivity index (χ3n) is 2.22. The average Bonchev–Trinajstić information content (AvgIpc) is 2.38. The van der Waals surface area contributed by atoms with E-state index in [0.717, 1.165) is 23.1 Å². The van der Waals surface area contributed by atoms with Crippen molar-refractivity contribution in [2.24, 2.45) is 0 Å². The molecule has 0 unspecified atom stereocenters. The first-order valence-electron chi connectivity index (χ1n) is 5.03. The molecule has 2 rings (SSSR count). The van der Waals surface area contributed by atoms with E-state index >= 15 is 0 Å². The molecule has 78 valence electrons. The quantitative estimate of drug-likeness (QED) is 0.574. The van der Waals surface area contributed by atoms with Gasteiger partial charge in [0.2, 0.25) is 0 Å². The van der Waals surface area contributed by atoms with Crippen LogP contribution in [0.1, 0.15) is 5.56 Å². The Hall–Kier alpha value is -2.22. The lowest BCUT2D eigenvalue weighted by Gasteiger charge is -2.00. The highest BCUT2D eigenvalue weighted by molar-refractivity contribution is 5.74. The highest BCUT2D eigenvalue weighted by Gasteiger charge is 1.96. The standard InChI is InChI=1S/C14H11NO/c16-10-4-5-12-8-9-14(15-11-12)13-6-2-1-3-7-13/h1-11H. The number of carbonyl (C=O) groups excluding carboxylic acids is 1. The van der Waals surface area contributed by atoms with Crippen molar-refractivity contribution in [2.75, 3.05) is 0 Å². The normalized spacial score (nSPS) is 10.5. The minimum atomic E-state index is 0.755. The van der Waals surface area contributed by atoms with Crippen LogP contribution < -0.4 is 0 Å². The second-order valence-corrected chi connectivity index (χ2v) is 3.34. The largest absolute Gasteiger partial charge is 0.299 e. The Morgan fingerprint density at radius 2 is 1.81 bits per heavy atom. The van der Waals surface area contributed by atoms with Gasteiger partial charge in [-0.2, -0.15) is 0 Å². The van der Waals surface area contributed by atoms with E-state index in [0.29, 0.717) is 0 Å². The van der Waals surface area contributed by atoms with Crippen molar-refractivity contribution in [1.82, 2.24) is 4.98 Å². The van der Waals surface area contributed by atoms with Gasteiger partial charge < -0.3 is 0 Å². The fourth-order valence-corrected chi connectivity index (χ4v) is 1.43. The number of aldehydes is 1. The third-order valence-corrected chi connectivity index (χ3v) is 2.22. The van der Waals surface area contributed by atoms with E-state index in [9.17, 15) is 4.79 Å². The molecule has 0 saturated heterocycles. The molecule has 0 saturated carbocycles. The fraction of sp³-hybridized carbons (Fsp3) is 0. The van der Waals surface area contributed by atoms with Crippen molar-refractivity contribution in [2.45, 2.75) is 0 Å². The molecule has 0 spiro atoms. The summed E-state index contributed by atoms with van der Waals surface area (Å²) in [6.45, 7) is 0. The van der Waals surface area contributed by atoms with Crippen molar-refractivity contribution in [1.29, 1.82) is 0 Å². The molecular formula is C14H11NO. The van der Waals surface area contributed by atoms with Gasteiger partial charge in [-0.1, -0.05) is 42.5 Å². The molecule has 1 aromatic carbocycles. The monoisotopic (exact) mass is 209 g/mol. The smallest absolute Gasteiger partial charge is 0.142 e. The van der Waals surface area contributed by atoms with Gasteiger partial charge >= 0.3 is 0 Å². The van der Waals surface area contributed by atoms with Crippen LogP contribution in [0, 0.1) is 0 Å². The van der Waals surface area contributed by atoms with Gasteiger partial charge in [0.25, 0.3) is 0 Å². The first-order chi connectivity index (χ1) is 7.90. The van der Waals surface area contributed by atoms with Crippen LogP contribution in [0.5, 0.6) is 0 Å². The van der Waals surface area contributed by atoms with Crippen molar-refractivity contribution < 1.29 is 4.79 Å². The number of pyridine rings is 1. The lowest BCUT2D eigenvalue weighted by Crippen LogP contribution is -1.83. The fourth-order valence-electron chi connectivity index (χ4n) is 1.43. The van der Waals surface area contributed by atoms with Crippen LogP contribution in [0.2, 0.25) is 0 Å². The van der Waals surface area contributed by atoms with E-state index in [2.05, 4.69) is 4.98 Å². The maximum Gasteiger partial charge on any atom is 0.142 e. The van der Waals surface area contributed by atoms with Crippen LogP contribution in [0.3, 0.4) is 0 Å². The molecule has 0 amide bonds. The Kier molecular flexibility index (Phi) is 3.24. The van der Waals surface area contributed by atoms with E-state index in [4.69, 9.17) is 0 Å². The summed E-state index contributed by atoms with van der Waals surface area (Å²) in [5, 5.41) is 0.